The fourth-order valence-corrected chi connectivity index (χ4v) is 11.3. The summed E-state index contributed by atoms with van der Waals surface area (Å²) in [6.45, 7) is 0. The molecule has 14 aromatic rings. The maximum absolute atomic E-state index is 6.99. The maximum Gasteiger partial charge on any atom is 0.159 e. The monoisotopic (exact) mass is 908 g/mol. The molecular formula is C66H40N2O3. The number of anilines is 6. The van der Waals surface area contributed by atoms with Crippen LogP contribution in [0.5, 0.6) is 11.5 Å². The van der Waals surface area contributed by atoms with E-state index in [0.717, 1.165) is 117 Å². The Hall–Kier alpha value is -9.58. The van der Waals surface area contributed by atoms with Crippen LogP contribution in [0.2, 0.25) is 0 Å². The lowest BCUT2D eigenvalue weighted by molar-refractivity contribution is 0.487. The molecule has 0 amide bonds. The largest absolute Gasteiger partial charge is 0.456 e. The van der Waals surface area contributed by atoms with Gasteiger partial charge in [-0.05, 0) is 135 Å². The van der Waals surface area contributed by atoms with E-state index >= 15 is 0 Å². The third-order valence-electron chi connectivity index (χ3n) is 14.4. The van der Waals surface area contributed by atoms with Crippen LogP contribution in [0.4, 0.5) is 34.1 Å². The predicted octanol–water partition coefficient (Wildman–Crippen LogP) is 19.3. The van der Waals surface area contributed by atoms with Crippen molar-refractivity contribution in [1.82, 2.24) is 0 Å². The highest BCUT2D eigenvalue weighted by Crippen LogP contribution is 2.53. The van der Waals surface area contributed by atoms with Crippen LogP contribution in [0.3, 0.4) is 0 Å². The molecule has 332 valence electrons. The van der Waals surface area contributed by atoms with Gasteiger partial charge in [-0.2, -0.15) is 0 Å². The second kappa shape index (κ2) is 15.5. The molecule has 71 heavy (non-hydrogen) atoms. The third-order valence-corrected chi connectivity index (χ3v) is 14.4. The Labute approximate surface area is 408 Å². The molecule has 3 heterocycles. The number of hydrogen-bond acceptors (Lipinski definition) is 5. The molecule has 0 fully saturated rings. The van der Waals surface area contributed by atoms with Crippen molar-refractivity contribution in [3.63, 3.8) is 0 Å². The number of furan rings is 2. The van der Waals surface area contributed by atoms with Gasteiger partial charge < -0.3 is 23.4 Å². The summed E-state index contributed by atoms with van der Waals surface area (Å²) >= 11 is 0. The first-order valence-corrected chi connectivity index (χ1v) is 24.1. The Bertz CT molecular complexity index is 4440. The van der Waals surface area contributed by atoms with Gasteiger partial charge in [-0.15, -0.1) is 0 Å². The minimum Gasteiger partial charge on any atom is -0.456 e. The van der Waals surface area contributed by atoms with E-state index in [4.69, 9.17) is 13.6 Å². The predicted molar refractivity (Wildman–Crippen MR) is 294 cm³/mol. The van der Waals surface area contributed by atoms with Crippen molar-refractivity contribution in [2.24, 2.45) is 0 Å². The van der Waals surface area contributed by atoms with Crippen LogP contribution in [0.1, 0.15) is 0 Å². The molecule has 5 nitrogen and oxygen atoms in total. The smallest absolute Gasteiger partial charge is 0.159 e. The molecule has 12 aromatic carbocycles. The van der Waals surface area contributed by atoms with E-state index in [-0.39, 0.29) is 0 Å². The summed E-state index contributed by atoms with van der Waals surface area (Å²) in [5.41, 5.74) is 14.0. The first-order chi connectivity index (χ1) is 35.2. The topological polar surface area (TPSA) is 42.0 Å². The van der Waals surface area contributed by atoms with Crippen LogP contribution in [0.15, 0.2) is 251 Å². The van der Waals surface area contributed by atoms with Crippen molar-refractivity contribution in [3.05, 3.63) is 243 Å². The van der Waals surface area contributed by atoms with E-state index in [2.05, 4.69) is 228 Å². The Morgan fingerprint density at radius 2 is 0.746 bits per heavy atom. The van der Waals surface area contributed by atoms with Gasteiger partial charge in [0.25, 0.3) is 0 Å². The van der Waals surface area contributed by atoms with Crippen molar-refractivity contribution in [3.8, 4) is 33.8 Å². The van der Waals surface area contributed by atoms with Gasteiger partial charge in [0.15, 0.2) is 11.2 Å². The fourth-order valence-electron chi connectivity index (χ4n) is 11.3. The summed E-state index contributed by atoms with van der Waals surface area (Å²) in [7, 11) is 0. The summed E-state index contributed by atoms with van der Waals surface area (Å²) in [6, 6.07) is 86.0. The zero-order chi connectivity index (χ0) is 46.6. The fraction of sp³-hybridized carbons (Fsp3) is 0. The van der Waals surface area contributed by atoms with E-state index in [0.29, 0.717) is 0 Å². The first-order valence-electron chi connectivity index (χ1n) is 24.1. The molecule has 0 saturated heterocycles. The van der Waals surface area contributed by atoms with Crippen molar-refractivity contribution < 1.29 is 13.6 Å². The van der Waals surface area contributed by atoms with Gasteiger partial charge >= 0.3 is 0 Å². The standard InChI is InChI=1S/C66H40N2O3/c1-3-16-42(17-4-1)67(58-27-13-25-52-48-22-9-11-29-60(48)70-65(52)58)44-34-32-41(33-35-44)54-39-56-51-24-15-31-62-64(51)57(40-55(56)47-21-8-7-20-46(47)54)50-37-36-45(38-63(50)69-62)68(43-18-5-2-6-19-43)59-28-14-26-53-49-23-10-12-30-61(49)71-66(53)59/h1-40H. The van der Waals surface area contributed by atoms with Crippen LogP contribution in [0.25, 0.3) is 98.4 Å². The first kappa shape index (κ1) is 39.4. The van der Waals surface area contributed by atoms with Gasteiger partial charge in [-0.1, -0.05) is 146 Å². The Morgan fingerprint density at radius 1 is 0.268 bits per heavy atom. The maximum atomic E-state index is 6.99. The lowest BCUT2D eigenvalue weighted by Crippen LogP contribution is -2.10. The van der Waals surface area contributed by atoms with E-state index in [1.54, 1.807) is 0 Å². The Balaban J connectivity index is 0.864. The number of fused-ring (bicyclic) bond motifs is 12. The van der Waals surface area contributed by atoms with Gasteiger partial charge in [0, 0.05) is 55.6 Å². The molecule has 0 aliphatic carbocycles. The number of para-hydroxylation sites is 6. The van der Waals surface area contributed by atoms with Gasteiger partial charge in [0.05, 0.1) is 17.1 Å². The van der Waals surface area contributed by atoms with E-state index in [1.807, 2.05) is 24.3 Å². The summed E-state index contributed by atoms with van der Waals surface area (Å²) in [5, 5.41) is 11.4. The van der Waals surface area contributed by atoms with Crippen LogP contribution < -0.4 is 14.5 Å². The van der Waals surface area contributed by atoms with E-state index in [1.165, 1.54) is 27.1 Å². The molecule has 1 aliphatic heterocycles. The quantitative estimate of drug-likeness (QED) is 0.149. The number of nitrogens with zero attached hydrogens (tertiary/aromatic N) is 2. The zero-order valence-electron chi connectivity index (χ0n) is 38.2. The summed E-state index contributed by atoms with van der Waals surface area (Å²) in [6.07, 6.45) is 0. The molecule has 0 bridgehead atoms. The van der Waals surface area contributed by atoms with Crippen LogP contribution in [-0.4, -0.2) is 0 Å². The summed E-state index contributed by atoms with van der Waals surface area (Å²) in [4.78, 5) is 4.57. The SMILES string of the molecule is c1ccc(N(c2ccc(-c3cc4c5cccc6c5c(cc4c4ccccc34)-c3ccc(N(c4ccccc4)c4cccc5c4oc4ccccc45)cc3O6)cc2)c2cccc3c2oc2ccccc23)cc1. The zero-order valence-corrected chi connectivity index (χ0v) is 38.2. The van der Waals surface area contributed by atoms with Crippen molar-refractivity contribution in [2.45, 2.75) is 0 Å². The van der Waals surface area contributed by atoms with Crippen molar-refractivity contribution in [1.29, 1.82) is 0 Å². The highest BCUT2D eigenvalue weighted by atomic mass is 16.5. The molecule has 0 radical (unpaired) electrons. The molecule has 0 unspecified atom stereocenters. The average Bonchev–Trinajstić information content (AvgIpc) is 4.02. The lowest BCUT2D eigenvalue weighted by Gasteiger charge is -2.28. The highest BCUT2D eigenvalue weighted by Gasteiger charge is 2.27. The van der Waals surface area contributed by atoms with Gasteiger partial charge in [-0.3, -0.25) is 0 Å². The molecule has 5 heteroatoms. The minimum absolute atomic E-state index is 0.807. The lowest BCUT2D eigenvalue weighted by atomic mass is 9.86. The molecule has 15 rings (SSSR count). The van der Waals surface area contributed by atoms with Crippen molar-refractivity contribution in [2.75, 3.05) is 9.80 Å². The molecule has 2 aromatic heterocycles. The number of hydrogen-bond donors (Lipinski definition) is 0. The van der Waals surface area contributed by atoms with Gasteiger partial charge in [0.2, 0.25) is 0 Å². The van der Waals surface area contributed by atoms with Crippen molar-refractivity contribution >= 4 is 110 Å². The second-order valence-electron chi connectivity index (χ2n) is 18.3. The number of benzene rings is 12. The third kappa shape index (κ3) is 6.06. The Morgan fingerprint density at radius 3 is 1.39 bits per heavy atom. The van der Waals surface area contributed by atoms with E-state index in [9.17, 15) is 0 Å². The normalized spacial score (nSPS) is 12.1. The van der Waals surface area contributed by atoms with Crippen LogP contribution >= 0.6 is 0 Å². The molecule has 0 saturated carbocycles. The van der Waals surface area contributed by atoms with Crippen LogP contribution in [0, 0.1) is 0 Å². The number of rotatable bonds is 7. The average molecular weight is 909 g/mol. The second-order valence-corrected chi connectivity index (χ2v) is 18.3. The summed E-state index contributed by atoms with van der Waals surface area (Å²) in [5.74, 6) is 1.65. The number of ether oxygens (including phenoxy) is 1. The van der Waals surface area contributed by atoms with E-state index < -0.39 is 0 Å². The molecule has 1 aliphatic rings. The highest BCUT2D eigenvalue weighted by molar-refractivity contribution is 6.25. The summed E-state index contributed by atoms with van der Waals surface area (Å²) < 4.78 is 20.2. The molecule has 0 spiro atoms. The molecule has 0 atom stereocenters. The Kier molecular flexibility index (Phi) is 8.59. The van der Waals surface area contributed by atoms with Gasteiger partial charge in [-0.25, -0.2) is 0 Å². The van der Waals surface area contributed by atoms with Gasteiger partial charge in [0.1, 0.15) is 22.7 Å². The molecular weight excluding hydrogens is 869 g/mol. The molecule has 0 N–H and O–H groups in total. The minimum atomic E-state index is 0.807. The van der Waals surface area contributed by atoms with Crippen LogP contribution in [-0.2, 0) is 0 Å².